The highest BCUT2D eigenvalue weighted by Gasteiger charge is 2.21. The number of nitrogens with one attached hydrogen (secondary N) is 2. The maximum absolute atomic E-state index is 11.9. The van der Waals surface area contributed by atoms with Crippen LogP contribution in [0, 0.1) is 0 Å². The van der Waals surface area contributed by atoms with Gasteiger partial charge in [-0.1, -0.05) is 28.1 Å². The zero-order valence-corrected chi connectivity index (χ0v) is 15.5. The molecular formula is C18H18BrN3OS. The number of hydrogen-bond donors (Lipinski definition) is 2. The molecule has 0 atom stereocenters. The third-order valence-electron chi connectivity index (χ3n) is 3.85. The molecule has 0 radical (unpaired) electrons. The second-order valence-corrected chi connectivity index (χ2v) is 6.96. The quantitative estimate of drug-likeness (QED) is 0.755. The van der Waals surface area contributed by atoms with Crippen LogP contribution in [0.3, 0.4) is 0 Å². The molecule has 2 N–H and O–H groups in total. The lowest BCUT2D eigenvalue weighted by atomic mass is 10.2. The Morgan fingerprint density at radius 1 is 1.21 bits per heavy atom. The van der Waals surface area contributed by atoms with Crippen LogP contribution in [0.15, 0.2) is 53.0 Å². The van der Waals surface area contributed by atoms with E-state index in [-0.39, 0.29) is 5.91 Å². The van der Waals surface area contributed by atoms with E-state index in [1.54, 1.807) is 0 Å². The molecule has 3 rings (SSSR count). The van der Waals surface area contributed by atoms with Gasteiger partial charge in [-0.2, -0.15) is 0 Å². The Morgan fingerprint density at radius 2 is 2.00 bits per heavy atom. The zero-order valence-electron chi connectivity index (χ0n) is 13.1. The van der Waals surface area contributed by atoms with Crippen molar-refractivity contribution in [2.45, 2.75) is 19.4 Å². The van der Waals surface area contributed by atoms with Gasteiger partial charge in [-0.15, -0.1) is 0 Å². The lowest BCUT2D eigenvalue weighted by Gasteiger charge is -2.17. The van der Waals surface area contributed by atoms with Crippen molar-refractivity contribution in [2.75, 3.05) is 16.8 Å². The highest BCUT2D eigenvalue weighted by atomic mass is 79.9. The molecule has 0 aromatic heterocycles. The van der Waals surface area contributed by atoms with Crippen LogP contribution in [0.1, 0.15) is 18.4 Å². The van der Waals surface area contributed by atoms with Crippen molar-refractivity contribution in [3.8, 4) is 0 Å². The maximum Gasteiger partial charge on any atom is 0.227 e. The number of carbonyl (C=O) groups excluding carboxylic acids is 1. The number of thiocarbonyl (C=S) groups is 1. The Kier molecular flexibility index (Phi) is 5.48. The van der Waals surface area contributed by atoms with Crippen molar-refractivity contribution in [3.63, 3.8) is 0 Å². The van der Waals surface area contributed by atoms with Crippen LogP contribution in [0.25, 0.3) is 0 Å². The summed E-state index contributed by atoms with van der Waals surface area (Å²) in [5, 5.41) is 6.92. The highest BCUT2D eigenvalue weighted by molar-refractivity contribution is 9.10. The lowest BCUT2D eigenvalue weighted by Crippen LogP contribution is -2.28. The molecule has 1 saturated heterocycles. The molecule has 1 aliphatic heterocycles. The third-order valence-corrected chi connectivity index (χ3v) is 4.63. The molecule has 0 saturated carbocycles. The smallest absolute Gasteiger partial charge is 0.227 e. The van der Waals surface area contributed by atoms with Gasteiger partial charge in [-0.05, 0) is 60.6 Å². The van der Waals surface area contributed by atoms with Gasteiger partial charge in [-0.3, -0.25) is 4.79 Å². The van der Waals surface area contributed by atoms with E-state index in [4.69, 9.17) is 12.2 Å². The number of halogens is 1. The minimum atomic E-state index is 0.201. The number of amides is 1. The molecule has 124 valence electrons. The van der Waals surface area contributed by atoms with Crippen molar-refractivity contribution in [3.05, 3.63) is 58.6 Å². The van der Waals surface area contributed by atoms with Crippen molar-refractivity contribution in [2.24, 2.45) is 0 Å². The van der Waals surface area contributed by atoms with Crippen LogP contribution in [0.5, 0.6) is 0 Å². The van der Waals surface area contributed by atoms with Gasteiger partial charge in [0, 0.05) is 35.4 Å². The summed E-state index contributed by atoms with van der Waals surface area (Å²) in [6, 6.07) is 15.9. The second-order valence-electron chi connectivity index (χ2n) is 5.63. The number of nitrogens with zero attached hydrogens (tertiary/aromatic N) is 1. The normalized spacial score (nSPS) is 13.9. The lowest BCUT2D eigenvalue weighted by molar-refractivity contribution is -0.117. The number of anilines is 2. The summed E-state index contributed by atoms with van der Waals surface area (Å²) < 4.78 is 1.03. The molecule has 0 aliphatic carbocycles. The minimum absolute atomic E-state index is 0.201. The number of rotatable bonds is 4. The number of hydrogen-bond acceptors (Lipinski definition) is 2. The number of benzene rings is 2. The van der Waals surface area contributed by atoms with E-state index >= 15 is 0 Å². The predicted molar refractivity (Wildman–Crippen MR) is 105 cm³/mol. The van der Waals surface area contributed by atoms with Crippen LogP contribution in [0.2, 0.25) is 0 Å². The van der Waals surface area contributed by atoms with Gasteiger partial charge in [0.05, 0.1) is 0 Å². The molecule has 1 heterocycles. The van der Waals surface area contributed by atoms with E-state index in [2.05, 4.69) is 26.6 Å². The first-order chi connectivity index (χ1) is 11.6. The second kappa shape index (κ2) is 7.77. The van der Waals surface area contributed by atoms with Crippen LogP contribution in [-0.4, -0.2) is 17.6 Å². The molecule has 24 heavy (non-hydrogen) atoms. The predicted octanol–water partition coefficient (Wildman–Crippen LogP) is 4.06. The molecule has 0 spiro atoms. The van der Waals surface area contributed by atoms with E-state index in [0.29, 0.717) is 18.1 Å². The van der Waals surface area contributed by atoms with E-state index in [0.717, 1.165) is 34.4 Å². The molecule has 0 unspecified atom stereocenters. The van der Waals surface area contributed by atoms with Crippen LogP contribution in [-0.2, 0) is 11.3 Å². The van der Waals surface area contributed by atoms with Gasteiger partial charge < -0.3 is 15.5 Å². The molecule has 2 aromatic carbocycles. The van der Waals surface area contributed by atoms with E-state index in [1.807, 2.05) is 53.4 Å². The van der Waals surface area contributed by atoms with Crippen molar-refractivity contribution in [1.82, 2.24) is 5.32 Å². The summed E-state index contributed by atoms with van der Waals surface area (Å²) in [6.45, 7) is 1.41. The van der Waals surface area contributed by atoms with Crippen molar-refractivity contribution in [1.29, 1.82) is 0 Å². The molecule has 1 aliphatic rings. The topological polar surface area (TPSA) is 44.4 Å². The zero-order chi connectivity index (χ0) is 16.9. The standard InChI is InChI=1S/C18H18BrN3OS/c19-14-6-8-15(9-7-14)21-18(24)20-12-13-3-1-4-16(11-13)22-10-2-5-17(22)23/h1,3-4,6-9,11H,2,5,10,12H2,(H2,20,21,24). The van der Waals surface area contributed by atoms with E-state index < -0.39 is 0 Å². The monoisotopic (exact) mass is 403 g/mol. The first-order valence-electron chi connectivity index (χ1n) is 7.81. The maximum atomic E-state index is 11.9. The summed E-state index contributed by atoms with van der Waals surface area (Å²) in [5.41, 5.74) is 2.99. The van der Waals surface area contributed by atoms with Crippen molar-refractivity contribution >= 4 is 50.5 Å². The first kappa shape index (κ1) is 16.9. The average molecular weight is 404 g/mol. The molecule has 1 amide bonds. The fourth-order valence-electron chi connectivity index (χ4n) is 2.65. The van der Waals surface area contributed by atoms with E-state index in [1.165, 1.54) is 0 Å². The van der Waals surface area contributed by atoms with Crippen molar-refractivity contribution < 1.29 is 4.79 Å². The highest BCUT2D eigenvalue weighted by Crippen LogP contribution is 2.22. The molecule has 1 fully saturated rings. The first-order valence-corrected chi connectivity index (χ1v) is 9.02. The van der Waals surface area contributed by atoms with Gasteiger partial charge in [0.2, 0.25) is 5.91 Å². The average Bonchev–Trinajstić information content (AvgIpc) is 3.01. The summed E-state index contributed by atoms with van der Waals surface area (Å²) >= 11 is 8.74. The fourth-order valence-corrected chi connectivity index (χ4v) is 3.10. The Balaban J connectivity index is 1.57. The Hall–Kier alpha value is -1.92. The third kappa shape index (κ3) is 4.33. The van der Waals surface area contributed by atoms with Crippen LogP contribution >= 0.6 is 28.1 Å². The molecule has 4 nitrogen and oxygen atoms in total. The molecule has 6 heteroatoms. The van der Waals surface area contributed by atoms with Gasteiger partial charge >= 0.3 is 0 Å². The molecule has 2 aromatic rings. The SMILES string of the molecule is O=C1CCCN1c1cccc(CNC(=S)Nc2ccc(Br)cc2)c1. The summed E-state index contributed by atoms with van der Waals surface area (Å²) in [5.74, 6) is 0.201. The Bertz CT molecular complexity index is 748. The summed E-state index contributed by atoms with van der Waals surface area (Å²) in [6.07, 6.45) is 1.58. The molecular weight excluding hydrogens is 386 g/mol. The largest absolute Gasteiger partial charge is 0.358 e. The Labute approximate surface area is 155 Å². The molecule has 0 bridgehead atoms. The summed E-state index contributed by atoms with van der Waals surface area (Å²) in [7, 11) is 0. The Morgan fingerprint density at radius 3 is 2.71 bits per heavy atom. The fraction of sp³-hybridized carbons (Fsp3) is 0.222. The van der Waals surface area contributed by atoms with Gasteiger partial charge in [0.25, 0.3) is 0 Å². The van der Waals surface area contributed by atoms with Crippen LogP contribution in [0.4, 0.5) is 11.4 Å². The van der Waals surface area contributed by atoms with Gasteiger partial charge in [0.15, 0.2) is 5.11 Å². The van der Waals surface area contributed by atoms with Gasteiger partial charge in [0.1, 0.15) is 0 Å². The summed E-state index contributed by atoms with van der Waals surface area (Å²) in [4.78, 5) is 13.7. The minimum Gasteiger partial charge on any atom is -0.358 e. The van der Waals surface area contributed by atoms with Gasteiger partial charge in [-0.25, -0.2) is 0 Å². The van der Waals surface area contributed by atoms with E-state index in [9.17, 15) is 4.79 Å². The van der Waals surface area contributed by atoms with Crippen LogP contribution < -0.4 is 15.5 Å². The number of carbonyl (C=O) groups is 1.